The molecule has 38 heavy (non-hydrogen) atoms. The van der Waals surface area contributed by atoms with E-state index >= 15 is 0 Å². The molecule has 196 valence electrons. The number of piperazine rings is 1. The summed E-state index contributed by atoms with van der Waals surface area (Å²) in [5.41, 5.74) is 1.86. The molecule has 0 saturated carbocycles. The molecule has 5 rings (SSSR count). The van der Waals surface area contributed by atoms with E-state index in [0.717, 1.165) is 11.3 Å². The molecule has 0 aliphatic carbocycles. The van der Waals surface area contributed by atoms with Gasteiger partial charge in [0.25, 0.3) is 0 Å². The van der Waals surface area contributed by atoms with Crippen LogP contribution in [0.15, 0.2) is 96.2 Å². The second-order valence-electron chi connectivity index (χ2n) is 9.41. The van der Waals surface area contributed by atoms with E-state index in [0.29, 0.717) is 37.0 Å². The number of amides is 1. The number of fused-ring (bicyclic) bond motifs is 1. The van der Waals surface area contributed by atoms with Crippen LogP contribution in [0, 0.1) is 0 Å². The summed E-state index contributed by atoms with van der Waals surface area (Å²) in [5.74, 6) is -0.127. The van der Waals surface area contributed by atoms with Gasteiger partial charge in [-0.3, -0.25) is 9.78 Å². The van der Waals surface area contributed by atoms with Gasteiger partial charge in [0.1, 0.15) is 11.8 Å². The summed E-state index contributed by atoms with van der Waals surface area (Å²) in [6, 6.07) is 22.3. The number of sulfonamides is 1. The molecule has 1 amide bonds. The van der Waals surface area contributed by atoms with Gasteiger partial charge < -0.3 is 14.9 Å². The van der Waals surface area contributed by atoms with Crippen LogP contribution in [0.3, 0.4) is 0 Å². The van der Waals surface area contributed by atoms with Crippen LogP contribution in [0.5, 0.6) is 5.75 Å². The second kappa shape index (κ2) is 10.8. The number of hydrogen-bond acceptors (Lipinski definition) is 6. The molecular formula is C29H30N4O4S. The van der Waals surface area contributed by atoms with Crippen LogP contribution >= 0.6 is 0 Å². The van der Waals surface area contributed by atoms with Crippen LogP contribution in [-0.2, 0) is 21.2 Å². The van der Waals surface area contributed by atoms with Crippen LogP contribution < -0.4 is 4.90 Å². The molecule has 0 bridgehead atoms. The van der Waals surface area contributed by atoms with E-state index in [1.165, 1.54) is 11.4 Å². The van der Waals surface area contributed by atoms with E-state index in [4.69, 9.17) is 0 Å². The maximum Gasteiger partial charge on any atom is 0.244 e. The highest BCUT2D eigenvalue weighted by molar-refractivity contribution is 7.89. The van der Waals surface area contributed by atoms with Crippen molar-refractivity contribution in [1.82, 2.24) is 14.2 Å². The van der Waals surface area contributed by atoms with E-state index in [2.05, 4.69) is 9.88 Å². The fraction of sp³-hybridized carbons (Fsp3) is 0.241. The summed E-state index contributed by atoms with van der Waals surface area (Å²) >= 11 is 0. The van der Waals surface area contributed by atoms with Gasteiger partial charge in [-0.15, -0.1) is 0 Å². The number of aromatic hydroxyl groups is 1. The van der Waals surface area contributed by atoms with Gasteiger partial charge in [-0.25, -0.2) is 8.42 Å². The summed E-state index contributed by atoms with van der Waals surface area (Å²) in [7, 11) is -2.56. The van der Waals surface area contributed by atoms with Crippen LogP contribution in [0.4, 0.5) is 5.69 Å². The predicted molar refractivity (Wildman–Crippen MR) is 148 cm³/mol. The first-order valence-electron chi connectivity index (χ1n) is 12.5. The van der Waals surface area contributed by atoms with Crippen molar-refractivity contribution in [3.63, 3.8) is 0 Å². The number of carbonyl (C=O) groups excluding carboxylic acids is 1. The molecule has 4 aromatic rings. The van der Waals surface area contributed by atoms with Gasteiger partial charge in [0.2, 0.25) is 15.9 Å². The van der Waals surface area contributed by atoms with Gasteiger partial charge in [0.05, 0.1) is 4.90 Å². The summed E-state index contributed by atoms with van der Waals surface area (Å²) in [6.45, 7) is 2.31. The first-order valence-corrected chi connectivity index (χ1v) is 14.0. The highest BCUT2D eigenvalue weighted by Gasteiger charge is 2.37. The Balaban J connectivity index is 1.44. The van der Waals surface area contributed by atoms with Gasteiger partial charge in [0, 0.05) is 62.1 Å². The Labute approximate surface area is 222 Å². The monoisotopic (exact) mass is 530 g/mol. The summed E-state index contributed by atoms with van der Waals surface area (Å²) < 4.78 is 29.1. The highest BCUT2D eigenvalue weighted by atomic mass is 32.2. The zero-order valence-corrected chi connectivity index (χ0v) is 22.0. The third-order valence-corrected chi connectivity index (χ3v) is 9.02. The average molecular weight is 531 g/mol. The molecule has 0 spiro atoms. The normalized spacial score (nSPS) is 15.1. The number of hydrogen-bond donors (Lipinski definition) is 1. The van der Waals surface area contributed by atoms with Crippen molar-refractivity contribution in [1.29, 1.82) is 0 Å². The van der Waals surface area contributed by atoms with Gasteiger partial charge in [-0.1, -0.05) is 42.5 Å². The number of aromatic nitrogens is 1. The number of anilines is 1. The van der Waals surface area contributed by atoms with Gasteiger partial charge in [0.15, 0.2) is 0 Å². The number of phenolic OH excluding ortho intramolecular Hbond substituents is 1. The molecule has 9 heteroatoms. The maximum atomic E-state index is 13.9. The average Bonchev–Trinajstić information content (AvgIpc) is 2.96. The van der Waals surface area contributed by atoms with Gasteiger partial charge in [-0.05, 0) is 48.4 Å². The number of pyridine rings is 1. The quantitative estimate of drug-likeness (QED) is 0.393. The molecule has 0 radical (unpaired) electrons. The molecule has 1 aliphatic rings. The zero-order valence-electron chi connectivity index (χ0n) is 21.1. The molecule has 1 aromatic heterocycles. The Morgan fingerprint density at radius 1 is 0.947 bits per heavy atom. The largest absolute Gasteiger partial charge is 0.508 e. The number of rotatable bonds is 7. The molecule has 3 aromatic carbocycles. The van der Waals surface area contributed by atoms with Crippen molar-refractivity contribution >= 4 is 32.4 Å². The highest BCUT2D eigenvalue weighted by Crippen LogP contribution is 2.27. The van der Waals surface area contributed by atoms with Crippen LogP contribution in [0.2, 0.25) is 0 Å². The Morgan fingerprint density at radius 2 is 1.66 bits per heavy atom. The number of likely N-dealkylation sites (N-methyl/N-ethyl adjacent to an activating group) is 1. The predicted octanol–water partition coefficient (Wildman–Crippen LogP) is 3.52. The standard InChI is InChI=1S/C29H30N4O4S/c1-31(38(36,37)28-9-5-6-23-21-30-15-14-26(23)28)27(20-22-10-12-25(34)13-11-22)29(35)33-18-16-32(17-19-33)24-7-3-2-4-8-24/h2-15,21,27,34H,16-20H2,1H3/t27-/m0/s1. The van der Waals surface area contributed by atoms with E-state index in [1.807, 2.05) is 36.4 Å². The molecule has 1 N–H and O–H groups in total. The fourth-order valence-electron chi connectivity index (χ4n) is 4.90. The van der Waals surface area contributed by atoms with Crippen molar-refractivity contribution < 1.29 is 18.3 Å². The van der Waals surface area contributed by atoms with Crippen LogP contribution in [0.1, 0.15) is 5.56 Å². The zero-order chi connectivity index (χ0) is 26.7. The van der Waals surface area contributed by atoms with Crippen LogP contribution in [0.25, 0.3) is 10.8 Å². The third-order valence-electron chi connectivity index (χ3n) is 7.10. The summed E-state index contributed by atoms with van der Waals surface area (Å²) in [5, 5.41) is 11.0. The van der Waals surface area contributed by atoms with Crippen LogP contribution in [-0.4, -0.2) is 72.9 Å². The lowest BCUT2D eigenvalue weighted by Crippen LogP contribution is -2.56. The molecule has 1 fully saturated rings. The minimum Gasteiger partial charge on any atom is -0.508 e. The van der Waals surface area contributed by atoms with E-state index in [-0.39, 0.29) is 23.0 Å². The molecule has 0 unspecified atom stereocenters. The lowest BCUT2D eigenvalue weighted by Gasteiger charge is -2.39. The topological polar surface area (TPSA) is 94.0 Å². The van der Waals surface area contributed by atoms with Crippen molar-refractivity contribution in [2.24, 2.45) is 0 Å². The molecular weight excluding hydrogens is 500 g/mol. The molecule has 1 atom stereocenters. The maximum absolute atomic E-state index is 13.9. The number of phenols is 1. The number of nitrogens with zero attached hydrogens (tertiary/aromatic N) is 4. The smallest absolute Gasteiger partial charge is 0.244 e. The summed E-state index contributed by atoms with van der Waals surface area (Å²) in [4.78, 5) is 22.2. The van der Waals surface area contributed by atoms with Gasteiger partial charge >= 0.3 is 0 Å². The van der Waals surface area contributed by atoms with E-state index < -0.39 is 16.1 Å². The van der Waals surface area contributed by atoms with Crippen molar-refractivity contribution in [3.8, 4) is 5.75 Å². The van der Waals surface area contributed by atoms with Crippen molar-refractivity contribution in [2.75, 3.05) is 38.1 Å². The first kappa shape index (κ1) is 25.7. The molecule has 8 nitrogen and oxygen atoms in total. The first-order chi connectivity index (χ1) is 18.3. The minimum absolute atomic E-state index is 0.110. The third kappa shape index (κ3) is 5.20. The Hall–Kier alpha value is -3.95. The lowest BCUT2D eigenvalue weighted by atomic mass is 10.0. The fourth-order valence-corrected chi connectivity index (χ4v) is 6.43. The Bertz CT molecular complexity index is 1510. The van der Waals surface area contributed by atoms with Gasteiger partial charge in [-0.2, -0.15) is 4.31 Å². The number of para-hydroxylation sites is 1. The Kier molecular flexibility index (Phi) is 7.31. The SMILES string of the molecule is CN([C@@H](Cc1ccc(O)cc1)C(=O)N1CCN(c2ccccc2)CC1)S(=O)(=O)c1cccc2cnccc12. The summed E-state index contributed by atoms with van der Waals surface area (Å²) in [6.07, 6.45) is 3.37. The van der Waals surface area contributed by atoms with Crippen molar-refractivity contribution in [3.05, 3.63) is 96.8 Å². The second-order valence-corrected chi connectivity index (χ2v) is 11.4. The van der Waals surface area contributed by atoms with E-state index in [1.54, 1.807) is 59.8 Å². The number of carbonyl (C=O) groups is 1. The number of benzene rings is 3. The molecule has 1 saturated heterocycles. The van der Waals surface area contributed by atoms with Crippen molar-refractivity contribution in [2.45, 2.75) is 17.4 Å². The minimum atomic E-state index is -4.03. The lowest BCUT2D eigenvalue weighted by molar-refractivity contribution is -0.135. The molecule has 1 aliphatic heterocycles. The molecule has 2 heterocycles. The van der Waals surface area contributed by atoms with E-state index in [9.17, 15) is 18.3 Å². The Morgan fingerprint density at radius 3 is 2.37 bits per heavy atom.